The van der Waals surface area contributed by atoms with Crippen LogP contribution in [0, 0.1) is 17.4 Å². The van der Waals surface area contributed by atoms with E-state index in [1.54, 1.807) is 6.92 Å². The van der Waals surface area contributed by atoms with E-state index < -0.39 is 20.1 Å². The normalized spacial score (nSPS) is 14.5. The lowest BCUT2D eigenvalue weighted by Crippen LogP contribution is -2.30. The van der Waals surface area contributed by atoms with Crippen LogP contribution in [0.4, 0.5) is 0 Å². The molecule has 17 heavy (non-hydrogen) atoms. The quantitative estimate of drug-likeness (QED) is 0.355. The van der Waals surface area contributed by atoms with Crippen molar-refractivity contribution >= 4 is 14.0 Å². The van der Waals surface area contributed by atoms with Gasteiger partial charge in [-0.1, -0.05) is 33.0 Å². The fourth-order valence-corrected chi connectivity index (χ4v) is 1.68. The summed E-state index contributed by atoms with van der Waals surface area (Å²) >= 11 is 0. The minimum atomic E-state index is -1.46. The molecule has 0 aromatic heterocycles. The molecular formula is C13H24O3Si. The highest BCUT2D eigenvalue weighted by Gasteiger charge is 2.22. The Balaban J connectivity index is 4.24. The van der Waals surface area contributed by atoms with Gasteiger partial charge in [0.25, 0.3) is 0 Å². The number of carbonyl (C=O) groups excluding carboxylic acids is 1. The van der Waals surface area contributed by atoms with E-state index in [4.69, 9.17) is 4.74 Å². The predicted molar refractivity (Wildman–Crippen MR) is 72.2 cm³/mol. The molecule has 0 saturated heterocycles. The standard InChI is InChI=1S/C13H24O3Si/c1-6-7-9-16-13(15)12(14)11(2)8-10-17(3,4)5/h11-12,14H,6-7,9H2,1-5H3/t11-,12+/m0/s1. The number of ether oxygens (including phenoxy) is 1. The minimum absolute atomic E-state index is 0.365. The van der Waals surface area contributed by atoms with Crippen LogP contribution in [-0.4, -0.2) is 31.9 Å². The van der Waals surface area contributed by atoms with Crippen LogP contribution in [0.25, 0.3) is 0 Å². The van der Waals surface area contributed by atoms with E-state index in [2.05, 4.69) is 31.1 Å². The summed E-state index contributed by atoms with van der Waals surface area (Å²) in [5.41, 5.74) is 3.15. The summed E-state index contributed by atoms with van der Waals surface area (Å²) in [4.78, 5) is 11.5. The first-order valence-corrected chi connectivity index (χ1v) is 9.65. The van der Waals surface area contributed by atoms with E-state index in [1.165, 1.54) is 0 Å². The molecule has 0 aromatic carbocycles. The lowest BCUT2D eigenvalue weighted by Gasteiger charge is -2.13. The molecule has 0 bridgehead atoms. The zero-order valence-electron chi connectivity index (χ0n) is 11.5. The second-order valence-corrected chi connectivity index (χ2v) is 10.0. The summed E-state index contributed by atoms with van der Waals surface area (Å²) < 4.78 is 4.95. The van der Waals surface area contributed by atoms with E-state index >= 15 is 0 Å². The Hall–Kier alpha value is -0.793. The third kappa shape index (κ3) is 8.00. The van der Waals surface area contributed by atoms with Crippen molar-refractivity contribution in [2.75, 3.05) is 6.61 Å². The first-order chi connectivity index (χ1) is 7.78. The number of hydrogen-bond donors (Lipinski definition) is 1. The molecule has 98 valence electrons. The Bertz CT molecular complexity index is 296. The van der Waals surface area contributed by atoms with E-state index in [-0.39, 0.29) is 5.92 Å². The molecule has 0 aliphatic heterocycles. The Morgan fingerprint density at radius 3 is 2.47 bits per heavy atom. The van der Waals surface area contributed by atoms with Crippen LogP contribution in [-0.2, 0) is 9.53 Å². The molecule has 4 heteroatoms. The number of aliphatic hydroxyl groups excluding tert-OH is 1. The topological polar surface area (TPSA) is 46.5 Å². The number of carbonyl (C=O) groups is 1. The Morgan fingerprint density at radius 2 is 2.00 bits per heavy atom. The molecule has 0 radical (unpaired) electrons. The van der Waals surface area contributed by atoms with Crippen LogP contribution in [0.3, 0.4) is 0 Å². The molecule has 0 aliphatic carbocycles. The highest BCUT2D eigenvalue weighted by molar-refractivity contribution is 6.83. The average molecular weight is 256 g/mol. The molecule has 0 saturated carbocycles. The highest BCUT2D eigenvalue weighted by Crippen LogP contribution is 2.06. The van der Waals surface area contributed by atoms with Crippen LogP contribution in [0.5, 0.6) is 0 Å². The lowest BCUT2D eigenvalue weighted by atomic mass is 10.1. The number of unbranched alkanes of at least 4 members (excludes halogenated alkanes) is 1. The average Bonchev–Trinajstić information content (AvgIpc) is 2.24. The molecule has 0 aromatic rings. The number of rotatable bonds is 5. The van der Waals surface area contributed by atoms with E-state index in [9.17, 15) is 9.90 Å². The second-order valence-electron chi connectivity index (χ2n) is 5.27. The monoisotopic (exact) mass is 256 g/mol. The fourth-order valence-electron chi connectivity index (χ4n) is 1.02. The zero-order valence-corrected chi connectivity index (χ0v) is 12.5. The van der Waals surface area contributed by atoms with Gasteiger partial charge in [-0.15, -0.1) is 11.5 Å². The largest absolute Gasteiger partial charge is 0.464 e. The number of hydrogen-bond acceptors (Lipinski definition) is 3. The van der Waals surface area contributed by atoms with Gasteiger partial charge >= 0.3 is 5.97 Å². The Morgan fingerprint density at radius 1 is 1.41 bits per heavy atom. The van der Waals surface area contributed by atoms with Crippen LogP contribution in [0.1, 0.15) is 26.7 Å². The van der Waals surface area contributed by atoms with Crippen molar-refractivity contribution in [3.63, 3.8) is 0 Å². The molecule has 1 N–H and O–H groups in total. The molecular weight excluding hydrogens is 232 g/mol. The van der Waals surface area contributed by atoms with Crippen molar-refractivity contribution in [1.29, 1.82) is 0 Å². The van der Waals surface area contributed by atoms with Crippen molar-refractivity contribution in [1.82, 2.24) is 0 Å². The molecule has 0 unspecified atom stereocenters. The Labute approximate surface area is 106 Å². The third-order valence-corrected chi connectivity index (χ3v) is 3.03. The van der Waals surface area contributed by atoms with Crippen molar-refractivity contribution in [3.05, 3.63) is 0 Å². The third-order valence-electron chi connectivity index (χ3n) is 2.13. The molecule has 0 spiro atoms. The SMILES string of the molecule is CCCCOC(=O)[C@H](O)[C@@H](C)C#C[Si](C)(C)C. The summed E-state index contributed by atoms with van der Waals surface area (Å²) in [6, 6.07) is 0. The zero-order chi connectivity index (χ0) is 13.5. The first kappa shape index (κ1) is 16.2. The molecule has 0 heterocycles. The number of esters is 1. The van der Waals surface area contributed by atoms with Crippen LogP contribution in [0.15, 0.2) is 0 Å². The smallest absolute Gasteiger partial charge is 0.336 e. The van der Waals surface area contributed by atoms with Crippen molar-refractivity contribution < 1.29 is 14.6 Å². The highest BCUT2D eigenvalue weighted by atomic mass is 28.3. The Kier molecular flexibility index (Phi) is 7.17. The van der Waals surface area contributed by atoms with Crippen LogP contribution in [0.2, 0.25) is 19.6 Å². The van der Waals surface area contributed by atoms with Gasteiger partial charge in [0, 0.05) is 0 Å². The van der Waals surface area contributed by atoms with Crippen LogP contribution < -0.4 is 0 Å². The molecule has 0 amide bonds. The second kappa shape index (κ2) is 7.52. The van der Waals surface area contributed by atoms with Gasteiger partial charge in [0.15, 0.2) is 6.10 Å². The summed E-state index contributed by atoms with van der Waals surface area (Å²) in [5.74, 6) is 2.03. The van der Waals surface area contributed by atoms with Crippen LogP contribution >= 0.6 is 0 Å². The van der Waals surface area contributed by atoms with Gasteiger partial charge in [0.1, 0.15) is 8.07 Å². The van der Waals surface area contributed by atoms with E-state index in [0.717, 1.165) is 12.8 Å². The molecule has 0 aliphatic rings. The summed E-state index contributed by atoms with van der Waals surface area (Å²) in [6.07, 6.45) is 0.664. The molecule has 0 fully saturated rings. The van der Waals surface area contributed by atoms with Gasteiger partial charge in [-0.3, -0.25) is 0 Å². The van der Waals surface area contributed by atoms with E-state index in [1.807, 2.05) is 6.92 Å². The maximum Gasteiger partial charge on any atom is 0.336 e. The van der Waals surface area contributed by atoms with Gasteiger partial charge in [-0.25, -0.2) is 4.79 Å². The summed E-state index contributed by atoms with van der Waals surface area (Å²) in [7, 11) is -1.46. The maximum absolute atomic E-state index is 11.5. The van der Waals surface area contributed by atoms with Gasteiger partial charge in [-0.05, 0) is 13.3 Å². The van der Waals surface area contributed by atoms with Crippen molar-refractivity contribution in [2.45, 2.75) is 52.4 Å². The van der Waals surface area contributed by atoms with Crippen molar-refractivity contribution in [2.24, 2.45) is 5.92 Å². The van der Waals surface area contributed by atoms with E-state index in [0.29, 0.717) is 6.61 Å². The first-order valence-electron chi connectivity index (χ1n) is 6.15. The van der Waals surface area contributed by atoms with Gasteiger partial charge in [0.2, 0.25) is 0 Å². The fraction of sp³-hybridized carbons (Fsp3) is 0.769. The maximum atomic E-state index is 11.5. The lowest BCUT2D eigenvalue weighted by molar-refractivity contribution is -0.155. The number of aliphatic hydroxyl groups is 1. The van der Waals surface area contributed by atoms with Gasteiger partial charge in [0.05, 0.1) is 12.5 Å². The molecule has 3 nitrogen and oxygen atoms in total. The molecule has 2 atom stereocenters. The van der Waals surface area contributed by atoms with Gasteiger partial charge in [-0.2, -0.15) is 0 Å². The van der Waals surface area contributed by atoms with Crippen molar-refractivity contribution in [3.8, 4) is 11.5 Å². The summed E-state index contributed by atoms with van der Waals surface area (Å²) in [5, 5.41) is 9.72. The molecule has 0 rings (SSSR count). The predicted octanol–water partition coefficient (Wildman–Crippen LogP) is 2.21. The minimum Gasteiger partial charge on any atom is -0.464 e. The van der Waals surface area contributed by atoms with Gasteiger partial charge < -0.3 is 9.84 Å². The summed E-state index contributed by atoms with van der Waals surface area (Å²) in [6.45, 7) is 10.5.